The minimum Gasteiger partial charge on any atom is -0.497 e. The van der Waals surface area contributed by atoms with Gasteiger partial charge < -0.3 is 15.0 Å². The summed E-state index contributed by atoms with van der Waals surface area (Å²) in [5.41, 5.74) is 4.63. The number of hydrogen-bond acceptors (Lipinski definition) is 5. The predicted molar refractivity (Wildman–Crippen MR) is 98.4 cm³/mol. The summed E-state index contributed by atoms with van der Waals surface area (Å²) in [7, 11) is 1.65. The number of ether oxygens (including phenoxy) is 1. The molecule has 2 aromatic rings. The van der Waals surface area contributed by atoms with Crippen molar-refractivity contribution in [1.29, 1.82) is 5.41 Å². The van der Waals surface area contributed by atoms with Gasteiger partial charge in [-0.1, -0.05) is 18.5 Å². The third kappa shape index (κ3) is 3.04. The van der Waals surface area contributed by atoms with Crippen LogP contribution in [0.4, 0.5) is 0 Å². The molecule has 1 aliphatic heterocycles. The Morgan fingerprint density at radius 2 is 2.04 bits per heavy atom. The number of nitrogens with zero attached hydrogens (tertiary/aromatic N) is 3. The van der Waals surface area contributed by atoms with E-state index < -0.39 is 0 Å². The molecule has 0 radical (unpaired) electrons. The molecule has 0 spiro atoms. The molecule has 2 unspecified atom stereocenters. The normalized spacial score (nSPS) is 19.4. The highest BCUT2D eigenvalue weighted by Gasteiger charge is 2.35. The Hall–Kier alpha value is -2.63. The van der Waals surface area contributed by atoms with Gasteiger partial charge >= 0.3 is 0 Å². The molecule has 0 saturated heterocycles. The molecule has 25 heavy (non-hydrogen) atoms. The summed E-state index contributed by atoms with van der Waals surface area (Å²) >= 11 is 0. The lowest BCUT2D eigenvalue weighted by molar-refractivity contribution is 0.0894. The fourth-order valence-electron chi connectivity index (χ4n) is 3.33. The second-order valence-electron chi connectivity index (χ2n) is 6.27. The molecule has 0 aliphatic carbocycles. The van der Waals surface area contributed by atoms with Gasteiger partial charge in [-0.3, -0.25) is 0 Å². The first-order chi connectivity index (χ1) is 12.1. The van der Waals surface area contributed by atoms with Crippen molar-refractivity contribution in [1.82, 2.24) is 9.78 Å². The molecule has 3 rings (SSSR count). The number of oxime groups is 1. The first-order valence-electron chi connectivity index (χ1n) is 8.57. The lowest BCUT2D eigenvalue weighted by atomic mass is 9.91. The van der Waals surface area contributed by atoms with Crippen LogP contribution in [0, 0.1) is 5.41 Å². The van der Waals surface area contributed by atoms with E-state index >= 15 is 0 Å². The summed E-state index contributed by atoms with van der Waals surface area (Å²) in [6, 6.07) is 7.79. The van der Waals surface area contributed by atoms with Gasteiger partial charge in [0.1, 0.15) is 11.9 Å². The SMILES string of the molecule is CCCc1nn(-c2ccc(OC)cc2)c(C2C(C)=NOC2C)c1C=N. The minimum atomic E-state index is -0.0816. The van der Waals surface area contributed by atoms with Crippen LogP contribution in [-0.2, 0) is 11.3 Å². The van der Waals surface area contributed by atoms with Crippen LogP contribution >= 0.6 is 0 Å². The maximum absolute atomic E-state index is 7.96. The second-order valence-corrected chi connectivity index (χ2v) is 6.27. The van der Waals surface area contributed by atoms with Crippen molar-refractivity contribution in [2.24, 2.45) is 5.16 Å². The third-order valence-electron chi connectivity index (χ3n) is 4.56. The fraction of sp³-hybridized carbons (Fsp3) is 0.421. The Bertz CT molecular complexity index is 793. The van der Waals surface area contributed by atoms with E-state index in [0.717, 1.165) is 46.9 Å². The van der Waals surface area contributed by atoms with Crippen LogP contribution in [0.25, 0.3) is 5.69 Å². The van der Waals surface area contributed by atoms with E-state index in [9.17, 15) is 0 Å². The molecular weight excluding hydrogens is 316 g/mol. The summed E-state index contributed by atoms with van der Waals surface area (Å²) in [6.07, 6.45) is 3.14. The molecule has 0 bridgehead atoms. The standard InChI is InChI=1S/C19H24N4O2/c1-5-6-17-16(11-20)19(18-12(2)22-25-13(18)3)23(21-17)14-7-9-15(24-4)10-8-14/h7-11,13,18,20H,5-6H2,1-4H3. The molecule has 0 saturated carbocycles. The van der Waals surface area contributed by atoms with Crippen LogP contribution in [0.15, 0.2) is 29.4 Å². The van der Waals surface area contributed by atoms with E-state index in [1.165, 1.54) is 6.21 Å². The molecular formula is C19H24N4O2. The molecule has 6 nitrogen and oxygen atoms in total. The summed E-state index contributed by atoms with van der Waals surface area (Å²) in [4.78, 5) is 5.48. The van der Waals surface area contributed by atoms with Gasteiger partial charge in [-0.15, -0.1) is 0 Å². The number of nitrogens with one attached hydrogen (secondary N) is 1. The molecule has 1 N–H and O–H groups in total. The molecule has 1 aromatic carbocycles. The Balaban J connectivity index is 2.18. The Labute approximate surface area is 148 Å². The quantitative estimate of drug-likeness (QED) is 0.815. The van der Waals surface area contributed by atoms with Crippen LogP contribution in [0.2, 0.25) is 0 Å². The Morgan fingerprint density at radius 1 is 1.32 bits per heavy atom. The highest BCUT2D eigenvalue weighted by molar-refractivity contribution is 5.93. The van der Waals surface area contributed by atoms with Crippen molar-refractivity contribution < 1.29 is 9.57 Å². The zero-order valence-corrected chi connectivity index (χ0v) is 15.1. The summed E-state index contributed by atoms with van der Waals surface area (Å²) in [6.45, 7) is 6.09. The molecule has 1 aliphatic rings. The van der Waals surface area contributed by atoms with Crippen LogP contribution in [0.3, 0.4) is 0 Å². The van der Waals surface area contributed by atoms with Gasteiger partial charge in [-0.05, 0) is 44.5 Å². The van der Waals surface area contributed by atoms with Crippen molar-refractivity contribution in [2.45, 2.75) is 45.6 Å². The van der Waals surface area contributed by atoms with E-state index in [-0.39, 0.29) is 12.0 Å². The van der Waals surface area contributed by atoms with Crippen LogP contribution in [-0.4, -0.2) is 34.9 Å². The van der Waals surface area contributed by atoms with Gasteiger partial charge in [0, 0.05) is 11.8 Å². The van der Waals surface area contributed by atoms with Crippen molar-refractivity contribution in [2.75, 3.05) is 7.11 Å². The molecule has 1 aromatic heterocycles. The van der Waals surface area contributed by atoms with Gasteiger partial charge in [0.05, 0.1) is 35.8 Å². The van der Waals surface area contributed by atoms with Crippen LogP contribution in [0.1, 0.15) is 50.1 Å². The van der Waals surface area contributed by atoms with Crippen molar-refractivity contribution >= 4 is 11.9 Å². The number of hydrogen-bond donors (Lipinski definition) is 1. The third-order valence-corrected chi connectivity index (χ3v) is 4.56. The van der Waals surface area contributed by atoms with Crippen molar-refractivity contribution in [3.05, 3.63) is 41.2 Å². The minimum absolute atomic E-state index is 0.0168. The topological polar surface area (TPSA) is 72.5 Å². The Kier molecular flexibility index (Phi) is 4.88. The van der Waals surface area contributed by atoms with E-state index in [0.29, 0.717) is 0 Å². The molecule has 132 valence electrons. The predicted octanol–water partition coefficient (Wildman–Crippen LogP) is 3.71. The highest BCUT2D eigenvalue weighted by Crippen LogP contribution is 2.34. The second kappa shape index (κ2) is 7.09. The highest BCUT2D eigenvalue weighted by atomic mass is 16.6. The van der Waals surface area contributed by atoms with Crippen molar-refractivity contribution in [3.8, 4) is 11.4 Å². The molecule has 2 atom stereocenters. The van der Waals surface area contributed by atoms with Gasteiger partial charge in [0.25, 0.3) is 0 Å². The van der Waals surface area contributed by atoms with E-state index in [1.54, 1.807) is 7.11 Å². The molecule has 6 heteroatoms. The monoisotopic (exact) mass is 340 g/mol. The fourth-order valence-corrected chi connectivity index (χ4v) is 3.33. The number of benzene rings is 1. The lowest BCUT2D eigenvalue weighted by Crippen LogP contribution is -2.21. The molecule has 0 fully saturated rings. The van der Waals surface area contributed by atoms with Gasteiger partial charge in [0.2, 0.25) is 0 Å². The zero-order chi connectivity index (χ0) is 18.0. The van der Waals surface area contributed by atoms with E-state index in [1.807, 2.05) is 42.8 Å². The van der Waals surface area contributed by atoms with Crippen molar-refractivity contribution in [3.63, 3.8) is 0 Å². The number of rotatable bonds is 6. The smallest absolute Gasteiger partial charge is 0.138 e. The zero-order valence-electron chi connectivity index (χ0n) is 15.1. The maximum atomic E-state index is 7.96. The molecule has 0 amide bonds. The van der Waals surface area contributed by atoms with Crippen LogP contribution < -0.4 is 4.74 Å². The average Bonchev–Trinajstić information content (AvgIpc) is 3.14. The van der Waals surface area contributed by atoms with Gasteiger partial charge in [0.15, 0.2) is 0 Å². The first kappa shape index (κ1) is 17.2. The number of methoxy groups -OCH3 is 1. The molecule has 2 heterocycles. The number of aryl methyl sites for hydroxylation is 1. The summed E-state index contributed by atoms with van der Waals surface area (Å²) < 4.78 is 7.18. The van der Waals surface area contributed by atoms with Gasteiger partial charge in [-0.25, -0.2) is 4.68 Å². The first-order valence-corrected chi connectivity index (χ1v) is 8.57. The lowest BCUT2D eigenvalue weighted by Gasteiger charge is -2.17. The van der Waals surface area contributed by atoms with Gasteiger partial charge in [-0.2, -0.15) is 5.10 Å². The van der Waals surface area contributed by atoms with E-state index in [2.05, 4.69) is 12.1 Å². The maximum Gasteiger partial charge on any atom is 0.138 e. The summed E-state index contributed by atoms with van der Waals surface area (Å²) in [5.74, 6) is 0.783. The average molecular weight is 340 g/mol. The van der Waals surface area contributed by atoms with E-state index in [4.69, 9.17) is 20.1 Å². The van der Waals surface area contributed by atoms with Crippen LogP contribution in [0.5, 0.6) is 5.75 Å². The largest absolute Gasteiger partial charge is 0.497 e. The summed E-state index contributed by atoms with van der Waals surface area (Å²) in [5, 5.41) is 16.9. The number of aromatic nitrogens is 2. The Morgan fingerprint density at radius 3 is 2.56 bits per heavy atom.